The Morgan fingerprint density at radius 2 is 1.92 bits per heavy atom. The van der Waals surface area contributed by atoms with E-state index in [9.17, 15) is 15.0 Å². The summed E-state index contributed by atoms with van der Waals surface area (Å²) in [5, 5.41) is 22.3. The zero-order valence-electron chi connectivity index (χ0n) is 14.2. The van der Waals surface area contributed by atoms with Gasteiger partial charge in [-0.05, 0) is 56.0 Å². The van der Waals surface area contributed by atoms with Crippen LogP contribution in [0.1, 0.15) is 28.8 Å². The van der Waals surface area contributed by atoms with Crippen molar-refractivity contribution in [3.63, 3.8) is 0 Å². The second-order valence-electron chi connectivity index (χ2n) is 7.31. The molecule has 2 saturated heterocycles. The first-order valence-corrected chi connectivity index (χ1v) is 9.00. The summed E-state index contributed by atoms with van der Waals surface area (Å²) in [7, 11) is 0. The molecule has 2 aliphatic rings. The van der Waals surface area contributed by atoms with Gasteiger partial charge in [0, 0.05) is 43.7 Å². The fraction of sp³-hybridized carbons (Fsp3) is 0.632. The number of nitrogens with zero attached hydrogens (tertiary/aromatic N) is 1. The number of rotatable bonds is 5. The maximum Gasteiger partial charge on any atom is 0.253 e. The van der Waals surface area contributed by atoms with Gasteiger partial charge in [-0.25, -0.2) is 0 Å². The van der Waals surface area contributed by atoms with Crippen molar-refractivity contribution >= 4 is 5.91 Å². The number of carbonyl (C=O) groups is 1. The molecule has 0 bridgehead atoms. The van der Waals surface area contributed by atoms with E-state index in [4.69, 9.17) is 0 Å². The number of likely N-dealkylation sites (tertiary alicyclic amines) is 1. The first-order valence-electron chi connectivity index (χ1n) is 9.00. The van der Waals surface area contributed by atoms with E-state index in [0.717, 1.165) is 25.9 Å². The number of piperidine rings is 1. The van der Waals surface area contributed by atoms with Gasteiger partial charge in [0.2, 0.25) is 0 Å². The van der Waals surface area contributed by atoms with Crippen molar-refractivity contribution < 1.29 is 15.0 Å². The number of benzene rings is 1. The Bertz CT molecular complexity index is 545. The van der Waals surface area contributed by atoms with E-state index < -0.39 is 0 Å². The molecule has 24 heavy (non-hydrogen) atoms. The summed E-state index contributed by atoms with van der Waals surface area (Å²) in [6.45, 7) is 3.41. The maximum atomic E-state index is 12.9. The number of amides is 1. The lowest BCUT2D eigenvalue weighted by atomic mass is 9.89. The molecule has 0 aromatic heterocycles. The smallest absolute Gasteiger partial charge is 0.253 e. The lowest BCUT2D eigenvalue weighted by Gasteiger charge is -2.36. The van der Waals surface area contributed by atoms with Gasteiger partial charge in [0.1, 0.15) is 0 Å². The molecule has 0 saturated carbocycles. The largest absolute Gasteiger partial charge is 0.396 e. The van der Waals surface area contributed by atoms with E-state index >= 15 is 0 Å². The molecular weight excluding hydrogens is 304 g/mol. The lowest BCUT2D eigenvalue weighted by molar-refractivity contribution is 0.0415. The van der Waals surface area contributed by atoms with Crippen molar-refractivity contribution in [2.45, 2.75) is 19.3 Å². The van der Waals surface area contributed by atoms with Crippen LogP contribution >= 0.6 is 0 Å². The minimum atomic E-state index is 0.0120. The maximum absolute atomic E-state index is 12.9. The predicted octanol–water partition coefficient (Wildman–Crippen LogP) is 0.901. The van der Waals surface area contributed by atoms with Gasteiger partial charge in [0.25, 0.3) is 5.91 Å². The van der Waals surface area contributed by atoms with Gasteiger partial charge in [0.05, 0.1) is 0 Å². The number of aliphatic hydroxyl groups excluding tert-OH is 2. The summed E-state index contributed by atoms with van der Waals surface area (Å²) >= 11 is 0. The van der Waals surface area contributed by atoms with Crippen molar-refractivity contribution in [3.05, 3.63) is 35.4 Å². The number of carbonyl (C=O) groups excluding carboxylic acids is 1. The molecule has 0 spiro atoms. The molecule has 3 N–H and O–H groups in total. The highest BCUT2D eigenvalue weighted by molar-refractivity contribution is 5.94. The summed E-state index contributed by atoms with van der Waals surface area (Å²) in [5.41, 5.74) is 1.93. The van der Waals surface area contributed by atoms with Gasteiger partial charge < -0.3 is 20.4 Å². The van der Waals surface area contributed by atoms with Crippen molar-refractivity contribution in [1.29, 1.82) is 0 Å². The fourth-order valence-electron chi connectivity index (χ4n) is 3.98. The lowest BCUT2D eigenvalue weighted by Crippen LogP contribution is -2.45. The zero-order valence-corrected chi connectivity index (χ0v) is 14.2. The molecule has 1 aromatic rings. The normalized spacial score (nSPS) is 27.4. The van der Waals surface area contributed by atoms with Gasteiger partial charge >= 0.3 is 0 Å². The summed E-state index contributed by atoms with van der Waals surface area (Å²) < 4.78 is 0. The van der Waals surface area contributed by atoms with Gasteiger partial charge in [-0.2, -0.15) is 0 Å². The molecule has 5 heteroatoms. The first-order chi connectivity index (χ1) is 11.7. The van der Waals surface area contributed by atoms with Gasteiger partial charge in [-0.1, -0.05) is 12.1 Å². The van der Waals surface area contributed by atoms with Crippen LogP contribution < -0.4 is 5.32 Å². The number of aliphatic hydroxyl groups is 2. The molecule has 2 aliphatic heterocycles. The van der Waals surface area contributed by atoms with E-state index in [1.54, 1.807) is 4.90 Å². The van der Waals surface area contributed by atoms with Crippen molar-refractivity contribution in [1.82, 2.24) is 10.2 Å². The average molecular weight is 332 g/mol. The van der Waals surface area contributed by atoms with Gasteiger partial charge in [-0.15, -0.1) is 0 Å². The molecule has 1 aromatic carbocycles. The molecule has 3 rings (SSSR count). The Kier molecular flexibility index (Phi) is 5.87. The number of nitrogens with one attached hydrogen (secondary N) is 1. The highest BCUT2D eigenvalue weighted by Crippen LogP contribution is 2.24. The Morgan fingerprint density at radius 3 is 2.54 bits per heavy atom. The van der Waals surface area contributed by atoms with Crippen LogP contribution in [0.2, 0.25) is 0 Å². The van der Waals surface area contributed by atoms with Crippen LogP contribution in [0.5, 0.6) is 0 Å². The van der Waals surface area contributed by atoms with Crippen LogP contribution in [0.15, 0.2) is 24.3 Å². The summed E-state index contributed by atoms with van der Waals surface area (Å²) in [6, 6.07) is 7.94. The minimum Gasteiger partial charge on any atom is -0.396 e. The van der Waals surface area contributed by atoms with E-state index in [2.05, 4.69) is 11.4 Å². The molecule has 2 fully saturated rings. The van der Waals surface area contributed by atoms with Crippen LogP contribution in [0.4, 0.5) is 0 Å². The van der Waals surface area contributed by atoms with E-state index in [0.29, 0.717) is 24.6 Å². The quantitative estimate of drug-likeness (QED) is 0.749. The first kappa shape index (κ1) is 17.4. The Balaban J connectivity index is 1.69. The molecule has 5 nitrogen and oxygen atoms in total. The molecule has 0 radical (unpaired) electrons. The average Bonchev–Trinajstić information content (AvgIpc) is 3.13. The van der Waals surface area contributed by atoms with E-state index in [-0.39, 0.29) is 31.0 Å². The monoisotopic (exact) mass is 332 g/mol. The Morgan fingerprint density at radius 1 is 1.17 bits per heavy atom. The van der Waals surface area contributed by atoms with Gasteiger partial charge in [-0.3, -0.25) is 4.79 Å². The highest BCUT2D eigenvalue weighted by Gasteiger charge is 2.30. The van der Waals surface area contributed by atoms with Crippen LogP contribution in [0.3, 0.4) is 0 Å². The van der Waals surface area contributed by atoms with Crippen molar-refractivity contribution in [2.24, 2.45) is 17.8 Å². The fourth-order valence-corrected chi connectivity index (χ4v) is 3.98. The SMILES string of the molecule is O=C(c1cccc(CC2CCNC2)c1)N1C[C@H](CO)C[C@H](CO)C1. The Labute approximate surface area is 143 Å². The third-order valence-electron chi connectivity index (χ3n) is 5.29. The van der Waals surface area contributed by atoms with E-state index in [1.807, 2.05) is 18.2 Å². The highest BCUT2D eigenvalue weighted by atomic mass is 16.3. The zero-order chi connectivity index (χ0) is 16.9. The number of hydrogen-bond donors (Lipinski definition) is 3. The van der Waals surface area contributed by atoms with Crippen molar-refractivity contribution in [2.75, 3.05) is 39.4 Å². The third kappa shape index (κ3) is 4.15. The van der Waals surface area contributed by atoms with Gasteiger partial charge in [0.15, 0.2) is 0 Å². The summed E-state index contributed by atoms with van der Waals surface area (Å²) in [4.78, 5) is 14.7. The summed E-state index contributed by atoms with van der Waals surface area (Å²) in [6.07, 6.45) is 2.98. The molecular formula is C19H28N2O3. The molecule has 3 atom stereocenters. The summed E-state index contributed by atoms with van der Waals surface area (Å²) in [5.74, 6) is 0.793. The molecule has 132 valence electrons. The predicted molar refractivity (Wildman–Crippen MR) is 92.8 cm³/mol. The van der Waals surface area contributed by atoms with Crippen LogP contribution in [-0.2, 0) is 6.42 Å². The topological polar surface area (TPSA) is 72.8 Å². The van der Waals surface area contributed by atoms with Crippen LogP contribution in [0, 0.1) is 17.8 Å². The van der Waals surface area contributed by atoms with Crippen molar-refractivity contribution in [3.8, 4) is 0 Å². The molecule has 1 unspecified atom stereocenters. The second kappa shape index (κ2) is 8.10. The number of hydrogen-bond acceptors (Lipinski definition) is 4. The molecule has 2 heterocycles. The van der Waals surface area contributed by atoms with E-state index in [1.165, 1.54) is 12.0 Å². The van der Waals surface area contributed by atoms with Crippen LogP contribution in [0.25, 0.3) is 0 Å². The Hall–Kier alpha value is -1.43. The molecule has 1 amide bonds. The minimum absolute atomic E-state index is 0.0120. The molecule has 0 aliphatic carbocycles. The van der Waals surface area contributed by atoms with Crippen LogP contribution in [-0.4, -0.2) is 60.4 Å². The third-order valence-corrected chi connectivity index (χ3v) is 5.29. The standard InChI is InChI=1S/C19H28N2O3/c22-12-16-7-17(13-23)11-21(10-16)19(24)18-3-1-2-14(8-18)6-15-4-5-20-9-15/h1-3,8,15-17,20,22-23H,4-7,9-13H2/t15?,16-,17+. The second-order valence-corrected chi connectivity index (χ2v) is 7.31.